The lowest BCUT2D eigenvalue weighted by molar-refractivity contribution is -0.132. The van der Waals surface area contributed by atoms with Gasteiger partial charge in [-0.05, 0) is 65.6 Å². The van der Waals surface area contributed by atoms with E-state index < -0.39 is 5.97 Å². The van der Waals surface area contributed by atoms with Gasteiger partial charge < -0.3 is 10.0 Å². The zero-order chi connectivity index (χ0) is 17.6. The average Bonchev–Trinajstić information content (AvgIpc) is 3.14. The number of carbonyl (C=O) groups excluding carboxylic acids is 1. The van der Waals surface area contributed by atoms with E-state index in [4.69, 9.17) is 0 Å². The van der Waals surface area contributed by atoms with E-state index >= 15 is 0 Å². The summed E-state index contributed by atoms with van der Waals surface area (Å²) in [6, 6.07) is 9.30. The molecule has 1 aromatic carbocycles. The highest BCUT2D eigenvalue weighted by Gasteiger charge is 2.24. The van der Waals surface area contributed by atoms with Crippen molar-refractivity contribution in [3.8, 4) is 0 Å². The molecule has 25 heavy (non-hydrogen) atoms. The molecule has 0 radical (unpaired) electrons. The molecule has 1 N–H and O–H groups in total. The van der Waals surface area contributed by atoms with Crippen molar-refractivity contribution in [2.45, 2.75) is 32.1 Å². The zero-order valence-electron chi connectivity index (χ0n) is 14.2. The number of aryl methyl sites for hydroxylation is 1. The summed E-state index contributed by atoms with van der Waals surface area (Å²) in [6.07, 6.45) is 4.05. The minimum absolute atomic E-state index is 0.232. The highest BCUT2D eigenvalue weighted by molar-refractivity contribution is 7.07. The Kier molecular flexibility index (Phi) is 5.87. The number of benzene rings is 1. The SMILES string of the molecule is O=C(O)c1ccccc1CC1CCN(C(=O)CCc2ccsc2)CC1. The number of aromatic carboxylic acids is 1. The van der Waals surface area contributed by atoms with E-state index in [2.05, 4.69) is 11.4 Å². The second-order valence-corrected chi connectivity index (χ2v) is 7.40. The number of thiophene rings is 1. The molecular formula is C20H23NO3S. The Labute approximate surface area is 152 Å². The lowest BCUT2D eigenvalue weighted by Gasteiger charge is -2.32. The van der Waals surface area contributed by atoms with Crippen LogP contribution in [0.5, 0.6) is 0 Å². The number of piperidine rings is 1. The van der Waals surface area contributed by atoms with E-state index in [9.17, 15) is 14.7 Å². The summed E-state index contributed by atoms with van der Waals surface area (Å²) in [5, 5.41) is 13.4. The van der Waals surface area contributed by atoms with Gasteiger partial charge in [-0.3, -0.25) is 4.79 Å². The van der Waals surface area contributed by atoms with Crippen molar-refractivity contribution in [3.05, 3.63) is 57.8 Å². The predicted octanol–water partition coefficient (Wildman–Crippen LogP) is 3.86. The highest BCUT2D eigenvalue weighted by Crippen LogP contribution is 2.24. The molecule has 2 heterocycles. The Hall–Kier alpha value is -2.14. The maximum absolute atomic E-state index is 12.4. The second kappa shape index (κ2) is 8.30. The summed E-state index contributed by atoms with van der Waals surface area (Å²) in [4.78, 5) is 25.6. The fraction of sp³-hybridized carbons (Fsp3) is 0.400. The van der Waals surface area contributed by atoms with E-state index in [0.717, 1.165) is 44.3 Å². The quantitative estimate of drug-likeness (QED) is 0.854. The first-order chi connectivity index (χ1) is 12.1. The van der Waals surface area contributed by atoms with Crippen LogP contribution in [0.25, 0.3) is 0 Å². The number of hydrogen-bond donors (Lipinski definition) is 1. The molecule has 2 aromatic rings. The van der Waals surface area contributed by atoms with E-state index in [1.165, 1.54) is 5.56 Å². The highest BCUT2D eigenvalue weighted by atomic mass is 32.1. The molecule has 3 rings (SSSR count). The summed E-state index contributed by atoms with van der Waals surface area (Å²) in [7, 11) is 0. The number of carboxylic acid groups (broad SMARTS) is 1. The fourth-order valence-corrected chi connectivity index (χ4v) is 4.15. The molecule has 1 saturated heterocycles. The summed E-state index contributed by atoms with van der Waals surface area (Å²) in [6.45, 7) is 1.56. The van der Waals surface area contributed by atoms with Crippen LogP contribution in [-0.4, -0.2) is 35.0 Å². The first-order valence-corrected chi connectivity index (χ1v) is 9.68. The van der Waals surface area contributed by atoms with Crippen LogP contribution in [-0.2, 0) is 17.6 Å². The van der Waals surface area contributed by atoms with Gasteiger partial charge in [-0.1, -0.05) is 18.2 Å². The molecule has 1 aliphatic rings. The molecular weight excluding hydrogens is 334 g/mol. The Morgan fingerprint density at radius 2 is 1.92 bits per heavy atom. The van der Waals surface area contributed by atoms with Crippen molar-refractivity contribution in [1.82, 2.24) is 4.90 Å². The van der Waals surface area contributed by atoms with E-state index in [1.807, 2.05) is 22.4 Å². The minimum atomic E-state index is -0.864. The van der Waals surface area contributed by atoms with Crippen LogP contribution < -0.4 is 0 Å². The monoisotopic (exact) mass is 357 g/mol. The number of amides is 1. The maximum Gasteiger partial charge on any atom is 0.335 e. The van der Waals surface area contributed by atoms with Crippen LogP contribution in [0.1, 0.15) is 40.7 Å². The van der Waals surface area contributed by atoms with Gasteiger partial charge in [-0.25, -0.2) is 4.79 Å². The maximum atomic E-state index is 12.4. The molecule has 1 aromatic heterocycles. The summed E-state index contributed by atoms with van der Waals surface area (Å²) in [5.74, 6) is -0.186. The van der Waals surface area contributed by atoms with Gasteiger partial charge in [-0.15, -0.1) is 0 Å². The summed E-state index contributed by atoms with van der Waals surface area (Å²) < 4.78 is 0. The molecule has 0 aliphatic carbocycles. The lowest BCUT2D eigenvalue weighted by Crippen LogP contribution is -2.39. The topological polar surface area (TPSA) is 57.6 Å². The zero-order valence-corrected chi connectivity index (χ0v) is 15.0. The van der Waals surface area contributed by atoms with Gasteiger partial charge in [-0.2, -0.15) is 11.3 Å². The predicted molar refractivity (Wildman–Crippen MR) is 99.0 cm³/mol. The van der Waals surface area contributed by atoms with Crippen molar-refractivity contribution in [1.29, 1.82) is 0 Å². The molecule has 0 spiro atoms. The third-order valence-corrected chi connectivity index (χ3v) is 5.66. The van der Waals surface area contributed by atoms with Crippen molar-refractivity contribution < 1.29 is 14.7 Å². The van der Waals surface area contributed by atoms with Gasteiger partial charge in [0.25, 0.3) is 0 Å². The van der Waals surface area contributed by atoms with Crippen LogP contribution in [0.2, 0.25) is 0 Å². The van der Waals surface area contributed by atoms with Crippen molar-refractivity contribution >= 4 is 23.2 Å². The van der Waals surface area contributed by atoms with Crippen LogP contribution >= 0.6 is 11.3 Å². The summed E-state index contributed by atoms with van der Waals surface area (Å²) >= 11 is 1.66. The third-order valence-electron chi connectivity index (χ3n) is 4.93. The Bertz CT molecular complexity index is 718. The molecule has 1 aliphatic heterocycles. The lowest BCUT2D eigenvalue weighted by atomic mass is 9.88. The third kappa shape index (κ3) is 4.69. The van der Waals surface area contributed by atoms with Crippen LogP contribution in [0, 0.1) is 5.92 Å². The van der Waals surface area contributed by atoms with E-state index in [0.29, 0.717) is 17.9 Å². The number of carboxylic acids is 1. The Morgan fingerprint density at radius 3 is 2.60 bits per heavy atom. The van der Waals surface area contributed by atoms with Gasteiger partial charge in [0, 0.05) is 19.5 Å². The standard InChI is InChI=1S/C20H23NO3S/c22-19(6-5-16-9-12-25-14-16)21-10-7-15(8-11-21)13-17-3-1-2-4-18(17)20(23)24/h1-4,9,12,14-15H,5-8,10-11,13H2,(H,23,24). The van der Waals surface area contributed by atoms with E-state index in [1.54, 1.807) is 23.5 Å². The number of nitrogens with zero attached hydrogens (tertiary/aromatic N) is 1. The average molecular weight is 357 g/mol. The fourth-order valence-electron chi connectivity index (χ4n) is 3.45. The molecule has 4 nitrogen and oxygen atoms in total. The van der Waals surface area contributed by atoms with Gasteiger partial charge in [0.1, 0.15) is 0 Å². The van der Waals surface area contributed by atoms with Gasteiger partial charge in [0.05, 0.1) is 5.56 Å². The minimum Gasteiger partial charge on any atom is -0.478 e. The molecule has 1 amide bonds. The number of carbonyl (C=O) groups is 2. The van der Waals surface area contributed by atoms with Crippen LogP contribution in [0.4, 0.5) is 0 Å². The molecule has 0 unspecified atom stereocenters. The van der Waals surface area contributed by atoms with Crippen LogP contribution in [0.3, 0.4) is 0 Å². The normalized spacial score (nSPS) is 15.3. The van der Waals surface area contributed by atoms with E-state index in [-0.39, 0.29) is 5.91 Å². The first kappa shape index (κ1) is 17.7. The Balaban J connectivity index is 1.49. The molecule has 0 atom stereocenters. The van der Waals surface area contributed by atoms with Crippen molar-refractivity contribution in [2.75, 3.05) is 13.1 Å². The molecule has 0 bridgehead atoms. The molecule has 132 valence electrons. The number of hydrogen-bond acceptors (Lipinski definition) is 3. The van der Waals surface area contributed by atoms with Gasteiger partial charge in [0.2, 0.25) is 5.91 Å². The Morgan fingerprint density at radius 1 is 1.16 bits per heavy atom. The smallest absolute Gasteiger partial charge is 0.335 e. The largest absolute Gasteiger partial charge is 0.478 e. The molecule has 0 saturated carbocycles. The molecule has 5 heteroatoms. The van der Waals surface area contributed by atoms with Gasteiger partial charge in [0.15, 0.2) is 0 Å². The van der Waals surface area contributed by atoms with Crippen molar-refractivity contribution in [3.63, 3.8) is 0 Å². The second-order valence-electron chi connectivity index (χ2n) is 6.62. The summed E-state index contributed by atoms with van der Waals surface area (Å²) in [5.41, 5.74) is 2.53. The van der Waals surface area contributed by atoms with Gasteiger partial charge >= 0.3 is 5.97 Å². The molecule has 1 fully saturated rings. The van der Waals surface area contributed by atoms with Crippen molar-refractivity contribution in [2.24, 2.45) is 5.92 Å². The number of rotatable bonds is 6. The first-order valence-electron chi connectivity index (χ1n) is 8.73. The van der Waals surface area contributed by atoms with Crippen LogP contribution in [0.15, 0.2) is 41.1 Å². The number of likely N-dealkylation sites (tertiary alicyclic amines) is 1.